The van der Waals surface area contributed by atoms with Crippen molar-refractivity contribution in [1.29, 1.82) is 0 Å². The van der Waals surface area contributed by atoms with Gasteiger partial charge in [0.05, 0.1) is 50.7 Å². The molecule has 0 aliphatic carbocycles. The molecule has 4 bridgehead atoms. The highest BCUT2D eigenvalue weighted by Crippen LogP contribution is 2.31. The first-order valence-corrected chi connectivity index (χ1v) is 23.4. The summed E-state index contributed by atoms with van der Waals surface area (Å²) in [5.74, 6) is -0.745. The zero-order valence-corrected chi connectivity index (χ0v) is 39.7. The van der Waals surface area contributed by atoms with Gasteiger partial charge in [-0.1, -0.05) is 30.3 Å². The zero-order chi connectivity index (χ0) is 48.3. The Hall–Kier alpha value is -5.00. The number of carbonyl (C=O) groups is 6. The quantitative estimate of drug-likeness (QED) is 0.129. The van der Waals surface area contributed by atoms with Crippen LogP contribution in [0.15, 0.2) is 30.3 Å². The SMILES string of the molecule is CC(C)(C)OC(=O)N1CCC(OCCONC(=O)[C@@H]2CC[C@@H]3CN2C(=O)N3O)CC1.CC(C)(C)OC(=O)N1CCC(OCCONC(=O)[C@@H]2CC[C@@H]3CN2C(=O)N3OCc2ccccc2)CC1. The van der Waals surface area contributed by atoms with Gasteiger partial charge in [0.2, 0.25) is 0 Å². The van der Waals surface area contributed by atoms with Gasteiger partial charge in [0.1, 0.15) is 29.9 Å². The van der Waals surface area contributed by atoms with Crippen molar-refractivity contribution in [2.24, 2.45) is 0 Å². The van der Waals surface area contributed by atoms with Gasteiger partial charge >= 0.3 is 24.2 Å². The number of hydrogen-bond donors (Lipinski definition) is 3. The summed E-state index contributed by atoms with van der Waals surface area (Å²) in [5, 5.41) is 11.8. The first kappa shape index (κ1) is 51.4. The van der Waals surface area contributed by atoms with Crippen molar-refractivity contribution >= 4 is 36.1 Å². The van der Waals surface area contributed by atoms with Crippen LogP contribution < -0.4 is 11.0 Å². The van der Waals surface area contributed by atoms with Crippen molar-refractivity contribution in [1.82, 2.24) is 40.7 Å². The van der Waals surface area contributed by atoms with E-state index in [1.807, 2.05) is 71.9 Å². The molecule has 4 atom stereocenters. The standard InChI is InChI=1S/C26H38N4O7.C19H32N4O7/c1-26(2,3)37-25(33)28-13-11-21(12-14-28)34-15-16-35-27-23(31)22-10-9-20-17-29(22)24(32)30(20)36-18-19-7-5-4-6-8-19;1-19(2,3)30-18(26)21-8-6-14(7-9-21)28-10-11-29-20-16(24)15-5-4-13-12-22(15)17(25)23(13)27/h4-8,20-22H,9-18H2,1-3H3,(H,27,31);13-15,27H,4-12H2,1-3H3,(H,20,24)/t20-,22+;13-,15+/m11/s1. The third-order valence-electron chi connectivity index (χ3n) is 12.1. The Morgan fingerprint density at radius 3 is 1.54 bits per heavy atom. The van der Waals surface area contributed by atoms with Crippen molar-refractivity contribution in [2.45, 2.75) is 147 Å². The fraction of sp³-hybridized carbons (Fsp3) is 0.733. The van der Waals surface area contributed by atoms with Crippen LogP contribution >= 0.6 is 0 Å². The largest absolute Gasteiger partial charge is 0.444 e. The van der Waals surface area contributed by atoms with E-state index in [0.29, 0.717) is 103 Å². The average molecular weight is 947 g/mol. The van der Waals surface area contributed by atoms with Gasteiger partial charge in [-0.15, -0.1) is 0 Å². The normalized spacial score (nSPS) is 23.5. The van der Waals surface area contributed by atoms with E-state index in [1.165, 1.54) is 9.96 Å². The van der Waals surface area contributed by atoms with Crippen LogP contribution in [0.4, 0.5) is 19.2 Å². The molecule has 0 unspecified atom stereocenters. The average Bonchev–Trinajstić information content (AvgIpc) is 3.66. The third-order valence-corrected chi connectivity index (χ3v) is 12.1. The highest BCUT2D eigenvalue weighted by Gasteiger charge is 2.49. The lowest BCUT2D eigenvalue weighted by Crippen LogP contribution is -2.49. The molecule has 374 valence electrons. The molecule has 0 saturated carbocycles. The number of urea groups is 2. The Morgan fingerprint density at radius 2 is 1.06 bits per heavy atom. The second kappa shape index (κ2) is 23.3. The van der Waals surface area contributed by atoms with E-state index in [4.69, 9.17) is 33.5 Å². The van der Waals surface area contributed by atoms with E-state index in [2.05, 4.69) is 11.0 Å². The van der Waals surface area contributed by atoms with Crippen LogP contribution in [-0.4, -0.2) is 184 Å². The maximum atomic E-state index is 12.9. The first-order valence-electron chi connectivity index (χ1n) is 23.4. The van der Waals surface area contributed by atoms with Crippen LogP contribution in [0.25, 0.3) is 0 Å². The Labute approximate surface area is 392 Å². The second-order valence-electron chi connectivity index (χ2n) is 19.5. The number of hydrogen-bond acceptors (Lipinski definition) is 14. The Balaban J connectivity index is 0.000000226. The number of piperidine rings is 4. The number of rotatable bonds is 15. The van der Waals surface area contributed by atoms with Crippen LogP contribution in [0.3, 0.4) is 0 Å². The second-order valence-corrected chi connectivity index (χ2v) is 19.5. The third kappa shape index (κ3) is 14.7. The fourth-order valence-corrected chi connectivity index (χ4v) is 8.67. The number of likely N-dealkylation sites (tertiary alicyclic amines) is 2. The number of ether oxygens (including phenoxy) is 4. The summed E-state index contributed by atoms with van der Waals surface area (Å²) in [6, 6.07) is 7.30. The van der Waals surface area contributed by atoms with Crippen LogP contribution in [-0.2, 0) is 49.7 Å². The molecule has 8 amide bonds. The molecular weight excluding hydrogens is 877 g/mol. The first-order chi connectivity index (χ1) is 31.9. The van der Waals surface area contributed by atoms with E-state index >= 15 is 0 Å². The minimum atomic E-state index is -0.635. The molecule has 0 spiro atoms. The van der Waals surface area contributed by atoms with Gasteiger partial charge < -0.3 is 38.5 Å². The predicted molar refractivity (Wildman–Crippen MR) is 236 cm³/mol. The van der Waals surface area contributed by atoms with E-state index < -0.39 is 35.2 Å². The minimum Gasteiger partial charge on any atom is -0.444 e. The van der Waals surface area contributed by atoms with Gasteiger partial charge in [-0.25, -0.2) is 35.2 Å². The Kier molecular flexibility index (Phi) is 17.9. The van der Waals surface area contributed by atoms with Gasteiger partial charge in [-0.2, -0.15) is 5.06 Å². The fourth-order valence-electron chi connectivity index (χ4n) is 8.67. The van der Waals surface area contributed by atoms with Crippen LogP contribution in [0.2, 0.25) is 0 Å². The molecule has 0 aromatic heterocycles. The van der Waals surface area contributed by atoms with Crippen molar-refractivity contribution in [2.75, 3.05) is 65.7 Å². The number of fused-ring (bicyclic) bond motifs is 4. The maximum absolute atomic E-state index is 12.9. The molecule has 6 heterocycles. The molecule has 67 heavy (non-hydrogen) atoms. The summed E-state index contributed by atoms with van der Waals surface area (Å²) in [4.78, 5) is 96.6. The molecule has 0 radical (unpaired) electrons. The molecule has 1 aromatic rings. The lowest BCUT2D eigenvalue weighted by atomic mass is 10.0. The van der Waals surface area contributed by atoms with Gasteiger partial charge in [-0.3, -0.25) is 29.3 Å². The number of carbonyl (C=O) groups excluding carboxylic acids is 6. The highest BCUT2D eigenvalue weighted by atomic mass is 16.7. The molecule has 22 heteroatoms. The number of nitrogens with one attached hydrogen (secondary N) is 2. The topological polar surface area (TPSA) is 231 Å². The molecule has 6 aliphatic rings. The van der Waals surface area contributed by atoms with Crippen LogP contribution in [0, 0.1) is 0 Å². The summed E-state index contributed by atoms with van der Waals surface area (Å²) in [6.07, 6.45) is 4.58. The zero-order valence-electron chi connectivity index (χ0n) is 39.7. The van der Waals surface area contributed by atoms with E-state index in [0.717, 1.165) is 18.4 Å². The summed E-state index contributed by atoms with van der Waals surface area (Å²) in [5.41, 5.74) is 4.80. The monoisotopic (exact) mass is 947 g/mol. The number of amides is 8. The lowest BCUT2D eigenvalue weighted by Gasteiger charge is -2.33. The number of hydroxylamine groups is 6. The summed E-state index contributed by atoms with van der Waals surface area (Å²) >= 11 is 0. The summed E-state index contributed by atoms with van der Waals surface area (Å²) < 4.78 is 22.4. The lowest BCUT2D eigenvalue weighted by molar-refractivity contribution is -0.142. The van der Waals surface area contributed by atoms with Crippen molar-refractivity contribution in [3.05, 3.63) is 35.9 Å². The van der Waals surface area contributed by atoms with Crippen molar-refractivity contribution in [3.63, 3.8) is 0 Å². The van der Waals surface area contributed by atoms with Crippen LogP contribution in [0.1, 0.15) is 98.5 Å². The van der Waals surface area contributed by atoms with Gasteiger partial charge in [0.25, 0.3) is 11.8 Å². The van der Waals surface area contributed by atoms with Gasteiger partial charge in [0.15, 0.2) is 0 Å². The predicted octanol–water partition coefficient (Wildman–Crippen LogP) is 3.96. The van der Waals surface area contributed by atoms with E-state index in [1.54, 1.807) is 14.7 Å². The molecular formula is C45H70N8O14. The number of benzene rings is 1. The smallest absolute Gasteiger partial charge is 0.410 e. The highest BCUT2D eigenvalue weighted by molar-refractivity contribution is 5.88. The molecule has 6 saturated heterocycles. The molecule has 6 aliphatic heterocycles. The molecule has 6 fully saturated rings. The van der Waals surface area contributed by atoms with E-state index in [-0.39, 0.29) is 61.6 Å². The molecule has 3 N–H and O–H groups in total. The summed E-state index contributed by atoms with van der Waals surface area (Å²) in [7, 11) is 0. The van der Waals surface area contributed by atoms with Crippen molar-refractivity contribution in [3.8, 4) is 0 Å². The van der Waals surface area contributed by atoms with Gasteiger partial charge in [0, 0.05) is 39.3 Å². The van der Waals surface area contributed by atoms with Crippen LogP contribution in [0.5, 0.6) is 0 Å². The molecule has 1 aromatic carbocycles. The number of nitrogens with zero attached hydrogens (tertiary/aromatic N) is 6. The Morgan fingerprint density at radius 1 is 0.612 bits per heavy atom. The van der Waals surface area contributed by atoms with Gasteiger partial charge in [-0.05, 0) is 98.5 Å². The van der Waals surface area contributed by atoms with E-state index in [9.17, 15) is 34.0 Å². The maximum Gasteiger partial charge on any atom is 0.410 e. The summed E-state index contributed by atoms with van der Waals surface area (Å²) in [6.45, 7) is 15.5. The molecule has 22 nitrogen and oxygen atoms in total. The Bertz CT molecular complexity index is 1830. The molecule has 7 rings (SSSR count). The minimum absolute atomic E-state index is 0.0241. The van der Waals surface area contributed by atoms with Crippen molar-refractivity contribution < 1.29 is 67.4 Å².